The molecular formula is C12H17N3O4S2. The van der Waals surface area contributed by atoms with Gasteiger partial charge in [-0.05, 0) is 36.0 Å². The highest BCUT2D eigenvalue weighted by Crippen LogP contribution is 2.28. The molecule has 0 amide bonds. The zero-order valence-electron chi connectivity index (χ0n) is 11.5. The monoisotopic (exact) mass is 331 g/mol. The van der Waals surface area contributed by atoms with Crippen molar-refractivity contribution in [3.05, 3.63) is 28.3 Å². The van der Waals surface area contributed by atoms with Crippen LogP contribution in [0.3, 0.4) is 0 Å². The van der Waals surface area contributed by atoms with E-state index in [9.17, 15) is 18.5 Å². The Morgan fingerprint density at radius 1 is 1.48 bits per heavy atom. The summed E-state index contributed by atoms with van der Waals surface area (Å²) in [7, 11) is -2.27. The summed E-state index contributed by atoms with van der Waals surface area (Å²) in [5.41, 5.74) is 0.0969. The summed E-state index contributed by atoms with van der Waals surface area (Å²) in [6.45, 7) is 0.316. The highest BCUT2D eigenvalue weighted by Gasteiger charge is 2.27. The Morgan fingerprint density at radius 2 is 2.24 bits per heavy atom. The largest absolute Gasteiger partial charge is 0.388 e. The maximum atomic E-state index is 12.3. The molecule has 0 spiro atoms. The lowest BCUT2D eigenvalue weighted by Crippen LogP contribution is -2.30. The molecule has 1 aliphatic rings. The van der Waals surface area contributed by atoms with Gasteiger partial charge in [0.15, 0.2) is 4.90 Å². The van der Waals surface area contributed by atoms with Gasteiger partial charge in [-0.1, -0.05) is 0 Å². The zero-order chi connectivity index (χ0) is 15.5. The van der Waals surface area contributed by atoms with Crippen LogP contribution in [0, 0.1) is 16.0 Å². The second-order valence-corrected chi connectivity index (χ2v) is 7.66. The molecule has 0 radical (unpaired) electrons. The number of thioether (sulfide) groups is 1. The summed E-state index contributed by atoms with van der Waals surface area (Å²) < 4.78 is 27.2. The summed E-state index contributed by atoms with van der Waals surface area (Å²) >= 11 is 1.79. The van der Waals surface area contributed by atoms with Gasteiger partial charge in [0.1, 0.15) is 0 Å². The van der Waals surface area contributed by atoms with E-state index < -0.39 is 20.6 Å². The number of rotatable bonds is 6. The van der Waals surface area contributed by atoms with Crippen molar-refractivity contribution < 1.29 is 13.3 Å². The fourth-order valence-corrected chi connectivity index (χ4v) is 4.68. The van der Waals surface area contributed by atoms with Gasteiger partial charge in [-0.3, -0.25) is 10.1 Å². The zero-order valence-corrected chi connectivity index (χ0v) is 13.2. The first-order valence-electron chi connectivity index (χ1n) is 6.47. The molecule has 116 valence electrons. The molecule has 1 atom stereocenters. The molecule has 0 aliphatic carbocycles. The lowest BCUT2D eigenvalue weighted by Gasteiger charge is -2.12. The van der Waals surface area contributed by atoms with Crippen LogP contribution >= 0.6 is 11.8 Å². The fourth-order valence-electron chi connectivity index (χ4n) is 2.09. The number of sulfonamides is 1. The Kier molecular flexibility index (Phi) is 5.07. The first-order valence-corrected chi connectivity index (χ1v) is 9.11. The van der Waals surface area contributed by atoms with Crippen molar-refractivity contribution in [2.24, 2.45) is 5.92 Å². The van der Waals surface area contributed by atoms with Crippen molar-refractivity contribution in [3.63, 3.8) is 0 Å². The quantitative estimate of drug-likeness (QED) is 0.607. The van der Waals surface area contributed by atoms with Gasteiger partial charge in [0.2, 0.25) is 10.0 Å². The van der Waals surface area contributed by atoms with E-state index >= 15 is 0 Å². The second kappa shape index (κ2) is 6.63. The van der Waals surface area contributed by atoms with Crippen LogP contribution in [0.2, 0.25) is 0 Å². The maximum absolute atomic E-state index is 12.3. The molecule has 1 saturated heterocycles. The number of nitrogens with zero attached hydrogens (tertiary/aromatic N) is 1. The fraction of sp³-hybridized carbons (Fsp3) is 0.500. The average molecular weight is 331 g/mol. The molecule has 1 aromatic rings. The van der Waals surface area contributed by atoms with Crippen molar-refractivity contribution >= 4 is 33.2 Å². The summed E-state index contributed by atoms with van der Waals surface area (Å²) in [4.78, 5) is 10.0. The maximum Gasteiger partial charge on any atom is 0.289 e. The molecule has 7 nitrogen and oxygen atoms in total. The molecule has 1 aromatic carbocycles. The first-order chi connectivity index (χ1) is 9.94. The number of benzene rings is 1. The average Bonchev–Trinajstić information content (AvgIpc) is 2.98. The van der Waals surface area contributed by atoms with Crippen LogP contribution < -0.4 is 10.0 Å². The van der Waals surface area contributed by atoms with E-state index in [2.05, 4.69) is 10.0 Å². The van der Waals surface area contributed by atoms with Crippen molar-refractivity contribution in [3.8, 4) is 0 Å². The smallest absolute Gasteiger partial charge is 0.289 e. The molecule has 1 fully saturated rings. The summed E-state index contributed by atoms with van der Waals surface area (Å²) in [6, 6.07) is 3.96. The van der Waals surface area contributed by atoms with Gasteiger partial charge in [0, 0.05) is 25.3 Å². The molecule has 0 bridgehead atoms. The Morgan fingerprint density at radius 3 is 2.81 bits per heavy atom. The van der Waals surface area contributed by atoms with Crippen LogP contribution in [0.5, 0.6) is 0 Å². The SMILES string of the molecule is CNc1ccc([N+](=O)[O-])c(S(=O)(=O)NCC2CCSC2)c1. The predicted molar refractivity (Wildman–Crippen MR) is 83.3 cm³/mol. The van der Waals surface area contributed by atoms with Gasteiger partial charge in [-0.2, -0.15) is 11.8 Å². The highest BCUT2D eigenvalue weighted by atomic mass is 32.2. The molecule has 0 saturated carbocycles. The molecular weight excluding hydrogens is 314 g/mol. The van der Waals surface area contributed by atoms with Gasteiger partial charge < -0.3 is 5.32 Å². The molecule has 1 aliphatic heterocycles. The standard InChI is InChI=1S/C12H17N3O4S2/c1-13-10-2-3-11(15(16)17)12(6-10)21(18,19)14-7-9-4-5-20-8-9/h2-3,6,9,13-14H,4-5,7-8H2,1H3. The molecule has 0 aromatic heterocycles. The summed E-state index contributed by atoms with van der Waals surface area (Å²) in [5, 5.41) is 13.8. The first kappa shape index (κ1) is 16.1. The van der Waals surface area contributed by atoms with Crippen molar-refractivity contribution in [2.75, 3.05) is 30.4 Å². The van der Waals surface area contributed by atoms with Gasteiger partial charge in [-0.15, -0.1) is 0 Å². The minimum absolute atomic E-state index is 0.288. The molecule has 9 heteroatoms. The van der Waals surface area contributed by atoms with E-state index in [1.807, 2.05) is 0 Å². The third-order valence-corrected chi connectivity index (χ3v) is 6.00. The normalized spacial score (nSPS) is 18.6. The minimum atomic E-state index is -3.90. The molecule has 2 N–H and O–H groups in total. The van der Waals surface area contributed by atoms with Crippen molar-refractivity contribution in [2.45, 2.75) is 11.3 Å². The lowest BCUT2D eigenvalue weighted by atomic mass is 10.1. The number of nitrogens with one attached hydrogen (secondary N) is 2. The Labute approximate surface area is 127 Å². The molecule has 1 unspecified atom stereocenters. The third-order valence-electron chi connectivity index (χ3n) is 3.32. The lowest BCUT2D eigenvalue weighted by molar-refractivity contribution is -0.387. The Bertz CT molecular complexity index is 627. The van der Waals surface area contributed by atoms with Crippen LogP contribution in [0.1, 0.15) is 6.42 Å². The molecule has 21 heavy (non-hydrogen) atoms. The van der Waals surface area contributed by atoms with Gasteiger partial charge >= 0.3 is 0 Å². The minimum Gasteiger partial charge on any atom is -0.388 e. The van der Waals surface area contributed by atoms with Gasteiger partial charge in [0.05, 0.1) is 4.92 Å². The number of nitro groups is 1. The van der Waals surface area contributed by atoms with E-state index in [0.717, 1.165) is 17.9 Å². The van der Waals surface area contributed by atoms with Gasteiger partial charge in [0.25, 0.3) is 5.69 Å². The second-order valence-electron chi connectivity index (χ2n) is 4.77. The van der Waals surface area contributed by atoms with Crippen LogP contribution in [0.4, 0.5) is 11.4 Å². The van der Waals surface area contributed by atoms with Crippen LogP contribution in [0.25, 0.3) is 0 Å². The van der Waals surface area contributed by atoms with E-state index in [0.29, 0.717) is 12.2 Å². The number of hydrogen-bond donors (Lipinski definition) is 2. The third kappa shape index (κ3) is 3.86. The van der Waals surface area contributed by atoms with Crippen molar-refractivity contribution in [1.82, 2.24) is 4.72 Å². The topological polar surface area (TPSA) is 101 Å². The van der Waals surface area contributed by atoms with Crippen LogP contribution in [-0.2, 0) is 10.0 Å². The van der Waals surface area contributed by atoms with E-state index in [-0.39, 0.29) is 10.8 Å². The van der Waals surface area contributed by atoms with E-state index in [1.165, 1.54) is 18.2 Å². The summed E-state index contributed by atoms with van der Waals surface area (Å²) in [6.07, 6.45) is 0.964. The van der Waals surface area contributed by atoms with Gasteiger partial charge in [-0.25, -0.2) is 13.1 Å². The highest BCUT2D eigenvalue weighted by molar-refractivity contribution is 7.99. The van der Waals surface area contributed by atoms with Crippen LogP contribution in [0.15, 0.2) is 23.1 Å². The molecule has 2 rings (SSSR count). The Balaban J connectivity index is 2.26. The molecule has 1 heterocycles. The Hall–Kier alpha value is -1.32. The number of hydrogen-bond acceptors (Lipinski definition) is 6. The van der Waals surface area contributed by atoms with E-state index in [1.54, 1.807) is 18.8 Å². The summed E-state index contributed by atoms with van der Waals surface area (Å²) in [5.74, 6) is 2.24. The van der Waals surface area contributed by atoms with Crippen LogP contribution in [-0.4, -0.2) is 38.4 Å². The predicted octanol–water partition coefficient (Wildman–Crippen LogP) is 1.67. The number of anilines is 1. The van der Waals surface area contributed by atoms with Crippen molar-refractivity contribution in [1.29, 1.82) is 0 Å². The number of nitro benzene ring substituents is 1. The van der Waals surface area contributed by atoms with E-state index in [4.69, 9.17) is 0 Å².